The number of benzene rings is 16. The fraction of sp³-hybridized carbons (Fsp3) is 0.0192. The van der Waals surface area contributed by atoms with Crippen molar-refractivity contribution in [2.45, 2.75) is 10.8 Å². The van der Waals surface area contributed by atoms with Crippen LogP contribution in [-0.2, 0) is 10.8 Å². The summed E-state index contributed by atoms with van der Waals surface area (Å²) < 4.78 is 13.4. The molecule has 0 radical (unpaired) electrons. The minimum Gasteiger partial charge on any atom is -0.457 e. The summed E-state index contributed by atoms with van der Waals surface area (Å²) in [6, 6.07) is 131. The highest BCUT2D eigenvalue weighted by molar-refractivity contribution is 6.09. The maximum absolute atomic E-state index is 11.2. The van der Waals surface area contributed by atoms with E-state index >= 15 is 0 Å². The van der Waals surface area contributed by atoms with Crippen LogP contribution in [0.15, 0.2) is 364 Å². The standard InChI is InChI=1S/C104H60N8O2/c105-61-63-44-50-84-80(54-63)81-58-69(45-51-85(81)103(84)88-36-10-14-40-92(88)113-93-41-15-11-37-89(93)103)67-28-19-32-74(56-67)101-110-99(66-26-8-3-9-27-66)111-102(112-101)75-33-20-30-71(57-75)78-49-48-77(79-35-21-34-76(62-106)96(78)79)72-47-53-87-83(60-72)82-59-70(46-52-86(82)104(87)90-38-12-16-42-94(90)114-95-43-17-13-39-91(95)104)68-29-18-31-73(55-68)100-108-97(64-22-4-1-5-23-64)107-98(109-100)65-24-6-2-7-25-65/h1-60H. The fourth-order valence-electron chi connectivity index (χ4n) is 18.2. The summed E-state index contributed by atoms with van der Waals surface area (Å²) >= 11 is 0. The van der Waals surface area contributed by atoms with Gasteiger partial charge in [-0.2, -0.15) is 10.5 Å². The van der Waals surface area contributed by atoms with E-state index in [1.54, 1.807) is 0 Å². The topological polar surface area (TPSA) is 143 Å². The van der Waals surface area contributed by atoms with Gasteiger partial charge in [0.1, 0.15) is 23.0 Å². The van der Waals surface area contributed by atoms with Crippen LogP contribution in [0.4, 0.5) is 0 Å². The van der Waals surface area contributed by atoms with E-state index in [4.69, 9.17) is 39.4 Å². The van der Waals surface area contributed by atoms with E-state index in [1.807, 2.05) is 164 Å². The zero-order valence-electron chi connectivity index (χ0n) is 61.0. The predicted molar refractivity (Wildman–Crippen MR) is 449 cm³/mol. The summed E-state index contributed by atoms with van der Waals surface area (Å²) in [7, 11) is 0. The van der Waals surface area contributed by atoms with Crippen LogP contribution >= 0.6 is 0 Å². The summed E-state index contributed by atoms with van der Waals surface area (Å²) in [4.78, 5) is 31.1. The van der Waals surface area contributed by atoms with Crippen LogP contribution in [0.2, 0.25) is 0 Å². The summed E-state index contributed by atoms with van der Waals surface area (Å²) in [5.74, 6) is 6.55. The molecule has 0 atom stereocenters. The monoisotopic (exact) mass is 1450 g/mol. The van der Waals surface area contributed by atoms with Crippen LogP contribution in [0, 0.1) is 22.7 Å². The smallest absolute Gasteiger partial charge is 0.164 e. The lowest BCUT2D eigenvalue weighted by Gasteiger charge is -2.39. The van der Waals surface area contributed by atoms with Gasteiger partial charge in [0, 0.05) is 61.0 Å². The van der Waals surface area contributed by atoms with Crippen molar-refractivity contribution in [2.75, 3.05) is 0 Å². The summed E-state index contributed by atoms with van der Waals surface area (Å²) in [6.07, 6.45) is 0. The molecule has 18 aromatic rings. The van der Waals surface area contributed by atoms with Gasteiger partial charge in [0.25, 0.3) is 0 Å². The number of hydrogen-bond acceptors (Lipinski definition) is 10. The molecular weight excluding hydrogens is 1390 g/mol. The van der Waals surface area contributed by atoms with Crippen LogP contribution in [0.1, 0.15) is 55.6 Å². The molecule has 0 unspecified atom stereocenters. The predicted octanol–water partition coefficient (Wildman–Crippen LogP) is 24.6. The van der Waals surface area contributed by atoms with Gasteiger partial charge in [-0.25, -0.2) is 29.9 Å². The first-order valence-corrected chi connectivity index (χ1v) is 38.1. The van der Waals surface area contributed by atoms with Gasteiger partial charge in [-0.1, -0.05) is 285 Å². The molecule has 0 N–H and O–H groups in total. The Balaban J connectivity index is 0.651. The minimum absolute atomic E-state index is 0.497. The minimum atomic E-state index is -0.737. The first-order valence-electron chi connectivity index (χ1n) is 38.1. The van der Waals surface area contributed by atoms with Crippen molar-refractivity contribution < 1.29 is 9.47 Å². The molecule has 2 spiro atoms. The van der Waals surface area contributed by atoms with E-state index in [0.717, 1.165) is 178 Å². The van der Waals surface area contributed by atoms with Crippen molar-refractivity contribution >= 4 is 10.8 Å². The highest BCUT2D eigenvalue weighted by atomic mass is 16.5. The van der Waals surface area contributed by atoms with Crippen LogP contribution in [0.5, 0.6) is 23.0 Å². The quantitative estimate of drug-likeness (QED) is 0.130. The molecule has 0 saturated carbocycles. The van der Waals surface area contributed by atoms with Crippen LogP contribution < -0.4 is 9.47 Å². The molecule has 2 aromatic heterocycles. The van der Waals surface area contributed by atoms with Crippen LogP contribution in [0.3, 0.4) is 0 Å². The van der Waals surface area contributed by atoms with Gasteiger partial charge in [-0.3, -0.25) is 0 Å². The first kappa shape index (κ1) is 65.5. The Kier molecular flexibility index (Phi) is 15.0. The lowest BCUT2D eigenvalue weighted by molar-refractivity contribution is 0.436. The molecule has 2 aliphatic heterocycles. The van der Waals surface area contributed by atoms with Crippen molar-refractivity contribution in [3.63, 3.8) is 0 Å². The highest BCUT2D eigenvalue weighted by Crippen LogP contribution is 2.65. The number of aromatic nitrogens is 6. The van der Waals surface area contributed by atoms with Crippen LogP contribution in [0.25, 0.3) is 146 Å². The maximum atomic E-state index is 11.2. The van der Waals surface area contributed by atoms with E-state index in [1.165, 1.54) is 0 Å². The molecule has 0 saturated heterocycles. The molecule has 0 amide bonds. The number of fused-ring (bicyclic) bond motifs is 19. The van der Waals surface area contributed by atoms with Crippen molar-refractivity contribution in [3.8, 4) is 170 Å². The van der Waals surface area contributed by atoms with Gasteiger partial charge in [0.2, 0.25) is 0 Å². The van der Waals surface area contributed by atoms with Crippen molar-refractivity contribution in [3.05, 3.63) is 420 Å². The average Bonchev–Trinajstić information content (AvgIpc) is 1.51. The Bertz CT molecular complexity index is 7020. The summed E-state index contributed by atoms with van der Waals surface area (Å²) in [6.45, 7) is 0. The molecule has 2 aliphatic carbocycles. The molecule has 0 fully saturated rings. The summed E-state index contributed by atoms with van der Waals surface area (Å²) in [5, 5.41) is 23.4. The zero-order valence-corrected chi connectivity index (χ0v) is 61.0. The molecule has 10 nitrogen and oxygen atoms in total. The third-order valence-electron chi connectivity index (χ3n) is 23.2. The third kappa shape index (κ3) is 10.2. The highest BCUT2D eigenvalue weighted by Gasteiger charge is 2.53. The normalized spacial score (nSPS) is 13.0. The number of nitrogens with zero attached hydrogens (tertiary/aromatic N) is 8. The molecule has 22 rings (SSSR count). The number of rotatable bonds is 10. The Hall–Kier alpha value is -15.6. The molecule has 114 heavy (non-hydrogen) atoms. The molecule has 10 heteroatoms. The van der Waals surface area contributed by atoms with Crippen molar-refractivity contribution in [2.24, 2.45) is 0 Å². The fourth-order valence-corrected chi connectivity index (χ4v) is 18.2. The van der Waals surface area contributed by atoms with E-state index in [0.29, 0.717) is 46.1 Å². The number of ether oxygens (including phenoxy) is 2. The van der Waals surface area contributed by atoms with Gasteiger partial charge < -0.3 is 9.47 Å². The Morgan fingerprint density at radius 2 is 0.518 bits per heavy atom. The number of para-hydroxylation sites is 4. The Morgan fingerprint density at radius 1 is 0.211 bits per heavy atom. The molecule has 4 heterocycles. The average molecular weight is 1450 g/mol. The van der Waals surface area contributed by atoms with Gasteiger partial charge in [-0.15, -0.1) is 0 Å². The van der Waals surface area contributed by atoms with Crippen molar-refractivity contribution in [1.29, 1.82) is 10.5 Å². The van der Waals surface area contributed by atoms with Crippen molar-refractivity contribution in [1.82, 2.24) is 29.9 Å². The van der Waals surface area contributed by atoms with Gasteiger partial charge in [0.05, 0.1) is 34.1 Å². The van der Waals surface area contributed by atoms with Gasteiger partial charge >= 0.3 is 0 Å². The molecule has 0 bridgehead atoms. The van der Waals surface area contributed by atoms with Gasteiger partial charge in [0.15, 0.2) is 34.9 Å². The lowest BCUT2D eigenvalue weighted by atomic mass is 9.66. The van der Waals surface area contributed by atoms with E-state index < -0.39 is 10.8 Å². The molecular formula is C104H60N8O2. The molecule has 528 valence electrons. The molecule has 4 aliphatic rings. The second-order valence-corrected chi connectivity index (χ2v) is 29.3. The Labute approximate surface area is 657 Å². The second-order valence-electron chi connectivity index (χ2n) is 29.3. The van der Waals surface area contributed by atoms with Gasteiger partial charge in [-0.05, 0) is 173 Å². The van der Waals surface area contributed by atoms with Crippen LogP contribution in [-0.4, -0.2) is 29.9 Å². The Morgan fingerprint density at radius 3 is 0.939 bits per heavy atom. The first-order chi connectivity index (χ1) is 56.4. The zero-order chi connectivity index (χ0) is 75.6. The van der Waals surface area contributed by atoms with E-state index in [-0.39, 0.29) is 0 Å². The SMILES string of the molecule is N#Cc1ccc2c(c1)-c1cc(-c3cccc(-c4nc(-c5ccccc5)nc(-c5cccc(-c6ccc(-c7ccc8c(c7)-c7cc(-c9cccc(-c%10nc(-c%11ccccc%11)nc(-c%11ccccc%11)n%10)c9)ccc7C87c8ccccc8Oc8ccccc87)c7cccc(C#N)c67)c5)n4)c3)ccc1C21c2ccccc2Oc2ccccc21. The third-order valence-corrected chi connectivity index (χ3v) is 23.2. The second kappa shape index (κ2) is 26.0. The number of nitriles is 2. The lowest BCUT2D eigenvalue weighted by Crippen LogP contribution is -2.32. The largest absolute Gasteiger partial charge is 0.457 e. The summed E-state index contributed by atoms with van der Waals surface area (Å²) in [5.41, 5.74) is 25.7. The molecule has 16 aromatic carbocycles. The number of hydrogen-bond donors (Lipinski definition) is 0. The maximum Gasteiger partial charge on any atom is 0.164 e. The van der Waals surface area contributed by atoms with E-state index in [2.05, 4.69) is 212 Å². The van der Waals surface area contributed by atoms with E-state index in [9.17, 15) is 10.5 Å².